The Labute approximate surface area is 186 Å². The summed E-state index contributed by atoms with van der Waals surface area (Å²) in [5.41, 5.74) is 2.66. The van der Waals surface area contributed by atoms with Gasteiger partial charge >= 0.3 is 0 Å². The Kier molecular flexibility index (Phi) is 8.42. The molecule has 0 aliphatic carbocycles. The van der Waals surface area contributed by atoms with E-state index in [1.807, 2.05) is 32.0 Å². The molecule has 30 heavy (non-hydrogen) atoms. The van der Waals surface area contributed by atoms with Crippen molar-refractivity contribution in [2.75, 3.05) is 53.4 Å². The summed E-state index contributed by atoms with van der Waals surface area (Å²) in [5, 5.41) is 0. The number of hydrogen-bond donors (Lipinski definition) is 1. The summed E-state index contributed by atoms with van der Waals surface area (Å²) in [5.74, 6) is 0. The molecule has 1 aliphatic rings. The van der Waals surface area contributed by atoms with Crippen molar-refractivity contribution in [3.63, 3.8) is 0 Å². The molecule has 6 nitrogen and oxygen atoms in total. The Hall–Kier alpha value is -1.32. The van der Waals surface area contributed by atoms with Crippen LogP contribution in [0.1, 0.15) is 31.0 Å². The summed E-state index contributed by atoms with van der Waals surface area (Å²) in [7, 11) is 3.10. The number of hydrogen-bond acceptors (Lipinski definition) is 5. The Morgan fingerprint density at radius 1 is 1.17 bits per heavy atom. The van der Waals surface area contributed by atoms with Crippen LogP contribution in [-0.2, 0) is 17.4 Å². The van der Waals surface area contributed by atoms with Gasteiger partial charge < -0.3 is 14.8 Å². The molecular formula is C22H34N4O2S2. The normalized spacial score (nSPS) is 17.8. The summed E-state index contributed by atoms with van der Waals surface area (Å²) < 4.78 is 16.2. The van der Waals surface area contributed by atoms with Gasteiger partial charge in [0.15, 0.2) is 0 Å². The number of nitrogens with one attached hydrogen (secondary N) is 1. The average molecular weight is 451 g/mol. The van der Waals surface area contributed by atoms with Gasteiger partial charge in [0.2, 0.25) is 0 Å². The van der Waals surface area contributed by atoms with Crippen LogP contribution in [0.3, 0.4) is 0 Å². The van der Waals surface area contributed by atoms with Crippen LogP contribution in [0.4, 0.5) is 0 Å². The van der Waals surface area contributed by atoms with Crippen molar-refractivity contribution in [1.29, 1.82) is 0 Å². The van der Waals surface area contributed by atoms with Gasteiger partial charge in [0.1, 0.15) is 15.2 Å². The predicted octanol–water partition coefficient (Wildman–Crippen LogP) is 2.96. The van der Waals surface area contributed by atoms with E-state index in [1.54, 1.807) is 11.3 Å². The minimum Gasteiger partial charge on any atom is -0.326 e. The molecule has 0 radical (unpaired) electrons. The van der Waals surface area contributed by atoms with Crippen LogP contribution in [0.25, 0.3) is 10.4 Å². The molecule has 166 valence electrons. The lowest BCUT2D eigenvalue weighted by Crippen LogP contribution is -2.39. The largest absolute Gasteiger partial charge is 0.326 e. The van der Waals surface area contributed by atoms with Crippen LogP contribution in [-0.4, -0.2) is 76.7 Å². The molecule has 2 aromatic heterocycles. The van der Waals surface area contributed by atoms with Crippen molar-refractivity contribution in [3.05, 3.63) is 39.8 Å². The lowest BCUT2D eigenvalue weighted by molar-refractivity contribution is 0.209. The Bertz CT molecular complexity index is 912. The van der Waals surface area contributed by atoms with Gasteiger partial charge in [-0.15, -0.1) is 11.3 Å². The third-order valence-electron chi connectivity index (χ3n) is 5.58. The molecule has 0 bridgehead atoms. The summed E-state index contributed by atoms with van der Waals surface area (Å²) in [6.45, 7) is 9.93. The van der Waals surface area contributed by atoms with Gasteiger partial charge in [-0.2, -0.15) is 0 Å². The van der Waals surface area contributed by atoms with Crippen LogP contribution >= 0.6 is 11.3 Å². The topological polar surface area (TPSA) is 59.7 Å². The Balaban J connectivity index is 1.66. The summed E-state index contributed by atoms with van der Waals surface area (Å²) in [4.78, 5) is 20.8. The maximum absolute atomic E-state index is 13.2. The molecule has 0 aromatic carbocycles. The fourth-order valence-corrected chi connectivity index (χ4v) is 6.48. The summed E-state index contributed by atoms with van der Waals surface area (Å²) >= 11 is 1.57. The highest BCUT2D eigenvalue weighted by molar-refractivity contribution is 7.85. The molecule has 3 heterocycles. The molecule has 0 amide bonds. The lowest BCUT2D eigenvalue weighted by Gasteiger charge is -2.29. The van der Waals surface area contributed by atoms with E-state index in [-0.39, 0.29) is 5.56 Å². The van der Waals surface area contributed by atoms with Crippen LogP contribution < -0.4 is 5.56 Å². The minimum atomic E-state index is -1.13. The zero-order valence-corrected chi connectivity index (χ0v) is 20.2. The molecule has 8 heteroatoms. The SMILES string of the molecule is CCc1cc(-c2ccc(S(=O)N3CCCN(CCN(C)C)CCC3)s2)c(C)[nH]c1=O. The van der Waals surface area contributed by atoms with Crippen molar-refractivity contribution in [2.45, 2.75) is 37.3 Å². The van der Waals surface area contributed by atoms with Gasteiger partial charge in [-0.3, -0.25) is 4.79 Å². The average Bonchev–Trinajstić information content (AvgIpc) is 3.16. The number of aromatic amines is 1. The molecule has 1 unspecified atom stereocenters. The van der Waals surface area contributed by atoms with Crippen LogP contribution in [0.15, 0.2) is 27.2 Å². The quantitative estimate of drug-likeness (QED) is 0.705. The third-order valence-corrected chi connectivity index (χ3v) is 8.48. The number of rotatable bonds is 7. The standard InChI is InChI=1S/C22H34N4O2S2/c1-5-18-16-19(17(2)23-22(18)27)20-8-9-21(29-20)30(28)26-12-6-10-25(11-7-13-26)15-14-24(3)4/h8-9,16H,5-7,10-15H2,1-4H3,(H,23,27). The maximum atomic E-state index is 13.2. The number of likely N-dealkylation sites (N-methyl/N-ethyl adjacent to an activating group) is 1. The first kappa shape index (κ1) is 23.3. The Morgan fingerprint density at radius 2 is 1.87 bits per heavy atom. The molecule has 0 saturated carbocycles. The predicted molar refractivity (Wildman–Crippen MR) is 127 cm³/mol. The highest BCUT2D eigenvalue weighted by atomic mass is 32.2. The summed E-state index contributed by atoms with van der Waals surface area (Å²) in [6, 6.07) is 5.99. The van der Waals surface area contributed by atoms with E-state index in [0.29, 0.717) is 6.42 Å². The maximum Gasteiger partial charge on any atom is 0.251 e. The zero-order chi connectivity index (χ0) is 21.7. The molecule has 1 fully saturated rings. The van der Waals surface area contributed by atoms with E-state index >= 15 is 0 Å². The van der Waals surface area contributed by atoms with Crippen LogP contribution in [0.5, 0.6) is 0 Å². The van der Waals surface area contributed by atoms with E-state index < -0.39 is 11.0 Å². The first-order chi connectivity index (χ1) is 14.4. The highest BCUT2D eigenvalue weighted by Crippen LogP contribution is 2.32. The third kappa shape index (κ3) is 5.88. The van der Waals surface area contributed by atoms with Crippen molar-refractivity contribution in [2.24, 2.45) is 0 Å². The molecule has 0 spiro atoms. The number of pyridine rings is 1. The van der Waals surface area contributed by atoms with Crippen LogP contribution in [0, 0.1) is 6.92 Å². The van der Waals surface area contributed by atoms with Crippen molar-refractivity contribution >= 4 is 22.3 Å². The van der Waals surface area contributed by atoms with Crippen molar-refractivity contribution in [1.82, 2.24) is 19.1 Å². The molecule has 1 aliphatic heterocycles. The van der Waals surface area contributed by atoms with Gasteiger partial charge in [-0.05, 0) is 71.6 Å². The number of aromatic nitrogens is 1. The van der Waals surface area contributed by atoms with Crippen molar-refractivity contribution < 1.29 is 4.21 Å². The number of aryl methyl sites for hydroxylation is 2. The van der Waals surface area contributed by atoms with Crippen molar-refractivity contribution in [3.8, 4) is 10.4 Å². The van der Waals surface area contributed by atoms with E-state index in [2.05, 4.69) is 33.2 Å². The smallest absolute Gasteiger partial charge is 0.251 e. The zero-order valence-electron chi connectivity index (χ0n) is 18.6. The van der Waals surface area contributed by atoms with Crippen LogP contribution in [0.2, 0.25) is 0 Å². The van der Waals surface area contributed by atoms with E-state index in [4.69, 9.17) is 0 Å². The van der Waals surface area contributed by atoms with Gasteiger partial charge in [0.25, 0.3) is 5.56 Å². The van der Waals surface area contributed by atoms with Gasteiger partial charge in [-0.1, -0.05) is 6.92 Å². The summed E-state index contributed by atoms with van der Waals surface area (Å²) in [6.07, 6.45) is 2.78. The molecule has 2 aromatic rings. The second-order valence-corrected chi connectivity index (χ2v) is 11.0. The van der Waals surface area contributed by atoms with Gasteiger partial charge in [-0.25, -0.2) is 8.51 Å². The molecule has 1 saturated heterocycles. The molecular weight excluding hydrogens is 416 g/mol. The van der Waals surface area contributed by atoms with E-state index in [9.17, 15) is 9.00 Å². The second kappa shape index (κ2) is 10.8. The minimum absolute atomic E-state index is 0.0145. The molecule has 1 N–H and O–H groups in total. The molecule has 1 atom stereocenters. The van der Waals surface area contributed by atoms with Gasteiger partial charge in [0, 0.05) is 47.9 Å². The van der Waals surface area contributed by atoms with E-state index in [0.717, 1.165) is 78.0 Å². The first-order valence-electron chi connectivity index (χ1n) is 10.8. The number of thiophene rings is 1. The number of nitrogens with zero attached hydrogens (tertiary/aromatic N) is 3. The first-order valence-corrected chi connectivity index (χ1v) is 12.7. The lowest BCUT2D eigenvalue weighted by atomic mass is 10.1. The van der Waals surface area contributed by atoms with E-state index in [1.165, 1.54) is 0 Å². The highest BCUT2D eigenvalue weighted by Gasteiger charge is 2.21. The van der Waals surface area contributed by atoms with Gasteiger partial charge in [0.05, 0.1) is 0 Å². The second-order valence-electron chi connectivity index (χ2n) is 8.16. The Morgan fingerprint density at radius 3 is 2.50 bits per heavy atom. The number of H-pyrrole nitrogens is 1. The fraction of sp³-hybridized carbons (Fsp3) is 0.591. The molecule has 3 rings (SSSR count). The monoisotopic (exact) mass is 450 g/mol. The fourth-order valence-electron chi connectivity index (χ4n) is 3.77.